The van der Waals surface area contributed by atoms with E-state index < -0.39 is 5.41 Å². The van der Waals surface area contributed by atoms with Gasteiger partial charge in [0.1, 0.15) is 5.41 Å². The van der Waals surface area contributed by atoms with E-state index in [0.29, 0.717) is 0 Å². The van der Waals surface area contributed by atoms with Gasteiger partial charge in [0.2, 0.25) is 5.91 Å². The molecule has 0 aromatic heterocycles. The molecular formula is C19H21NO. The predicted octanol–water partition coefficient (Wildman–Crippen LogP) is 3.47. The van der Waals surface area contributed by atoms with E-state index in [9.17, 15) is 4.79 Å². The molecule has 2 aromatic rings. The van der Waals surface area contributed by atoms with Crippen LogP contribution in [0, 0.1) is 5.92 Å². The van der Waals surface area contributed by atoms with Crippen LogP contribution in [0.15, 0.2) is 60.7 Å². The van der Waals surface area contributed by atoms with Crippen LogP contribution in [0.25, 0.3) is 0 Å². The Bertz CT molecular complexity index is 581. The Hall–Kier alpha value is -2.09. The number of amides is 1. The Kier molecular flexibility index (Phi) is 3.54. The highest BCUT2D eigenvalue weighted by Gasteiger charge is 2.53. The maximum atomic E-state index is 13.2. The van der Waals surface area contributed by atoms with Gasteiger partial charge in [0.05, 0.1) is 0 Å². The molecule has 1 aliphatic rings. The molecule has 0 radical (unpaired) electrons. The van der Waals surface area contributed by atoms with Crippen molar-refractivity contribution in [2.24, 2.45) is 5.92 Å². The molecule has 2 heteroatoms. The van der Waals surface area contributed by atoms with E-state index in [2.05, 4.69) is 38.1 Å². The Labute approximate surface area is 126 Å². The largest absolute Gasteiger partial charge is 0.342 e. The van der Waals surface area contributed by atoms with Gasteiger partial charge in [-0.15, -0.1) is 0 Å². The third kappa shape index (κ3) is 1.98. The van der Waals surface area contributed by atoms with Gasteiger partial charge in [-0.1, -0.05) is 67.6 Å². The molecule has 1 amide bonds. The van der Waals surface area contributed by atoms with E-state index in [1.807, 2.05) is 41.3 Å². The molecule has 0 spiro atoms. The van der Waals surface area contributed by atoms with E-state index in [4.69, 9.17) is 0 Å². The van der Waals surface area contributed by atoms with Crippen molar-refractivity contribution in [1.29, 1.82) is 0 Å². The monoisotopic (exact) mass is 279 g/mol. The van der Waals surface area contributed by atoms with Crippen LogP contribution in [0.2, 0.25) is 0 Å². The van der Waals surface area contributed by atoms with Crippen LogP contribution >= 0.6 is 0 Å². The minimum atomic E-state index is -0.543. The van der Waals surface area contributed by atoms with Crippen molar-refractivity contribution in [3.8, 4) is 0 Å². The summed E-state index contributed by atoms with van der Waals surface area (Å²) in [7, 11) is 0. The number of rotatable bonds is 3. The van der Waals surface area contributed by atoms with E-state index in [0.717, 1.165) is 24.2 Å². The SMILES string of the molecule is CCN1CC(C)C(c2ccccc2)(c2ccccc2)C1=O. The number of likely N-dealkylation sites (N-methyl/N-ethyl adjacent to an activating group) is 1. The highest BCUT2D eigenvalue weighted by atomic mass is 16.2. The van der Waals surface area contributed by atoms with Crippen LogP contribution in [0.1, 0.15) is 25.0 Å². The maximum Gasteiger partial charge on any atom is 0.238 e. The molecule has 1 fully saturated rings. The highest BCUT2D eigenvalue weighted by Crippen LogP contribution is 2.45. The van der Waals surface area contributed by atoms with Crippen molar-refractivity contribution in [1.82, 2.24) is 4.90 Å². The number of benzene rings is 2. The Morgan fingerprint density at radius 2 is 1.48 bits per heavy atom. The van der Waals surface area contributed by atoms with Crippen LogP contribution in [0.4, 0.5) is 0 Å². The van der Waals surface area contributed by atoms with Crippen molar-refractivity contribution in [3.05, 3.63) is 71.8 Å². The summed E-state index contributed by atoms with van der Waals surface area (Å²) in [5, 5.41) is 0. The summed E-state index contributed by atoms with van der Waals surface area (Å²) in [4.78, 5) is 15.2. The number of carbonyl (C=O) groups excluding carboxylic acids is 1. The Balaban J connectivity index is 2.24. The summed E-state index contributed by atoms with van der Waals surface area (Å²) in [6, 6.07) is 20.4. The van der Waals surface area contributed by atoms with E-state index in [-0.39, 0.29) is 11.8 Å². The van der Waals surface area contributed by atoms with Gasteiger partial charge in [0.25, 0.3) is 0 Å². The first-order chi connectivity index (χ1) is 10.2. The molecule has 2 nitrogen and oxygen atoms in total. The van der Waals surface area contributed by atoms with Gasteiger partial charge in [-0.3, -0.25) is 4.79 Å². The van der Waals surface area contributed by atoms with Gasteiger partial charge in [-0.2, -0.15) is 0 Å². The van der Waals surface area contributed by atoms with E-state index in [1.54, 1.807) is 0 Å². The molecule has 2 aromatic carbocycles. The number of hydrogen-bond acceptors (Lipinski definition) is 1. The topological polar surface area (TPSA) is 20.3 Å². The lowest BCUT2D eigenvalue weighted by Gasteiger charge is -2.32. The minimum absolute atomic E-state index is 0.231. The van der Waals surface area contributed by atoms with E-state index >= 15 is 0 Å². The fourth-order valence-corrected chi connectivity index (χ4v) is 3.67. The third-order valence-corrected chi connectivity index (χ3v) is 4.70. The lowest BCUT2D eigenvalue weighted by atomic mass is 9.68. The summed E-state index contributed by atoms with van der Waals surface area (Å²) < 4.78 is 0. The van der Waals surface area contributed by atoms with Crippen LogP contribution in [0.5, 0.6) is 0 Å². The summed E-state index contributed by atoms with van der Waals surface area (Å²) in [6.45, 7) is 5.83. The first-order valence-corrected chi connectivity index (χ1v) is 7.61. The summed E-state index contributed by atoms with van der Waals surface area (Å²) in [6.07, 6.45) is 0. The molecule has 0 saturated carbocycles. The standard InChI is InChI=1S/C19H21NO/c1-3-20-14-15(2)19(18(20)21,16-10-6-4-7-11-16)17-12-8-5-9-13-17/h4-13,15H,3,14H2,1-2H3. The lowest BCUT2D eigenvalue weighted by molar-refractivity contribution is -0.131. The zero-order chi connectivity index (χ0) is 14.9. The summed E-state index contributed by atoms with van der Waals surface area (Å²) in [5.41, 5.74) is 1.66. The molecule has 1 saturated heterocycles. The minimum Gasteiger partial charge on any atom is -0.342 e. The van der Waals surface area contributed by atoms with Crippen molar-refractivity contribution in [3.63, 3.8) is 0 Å². The number of carbonyl (C=O) groups is 1. The number of nitrogens with zero attached hydrogens (tertiary/aromatic N) is 1. The van der Waals surface area contributed by atoms with Crippen LogP contribution in [-0.4, -0.2) is 23.9 Å². The second-order valence-corrected chi connectivity index (χ2v) is 5.78. The van der Waals surface area contributed by atoms with Crippen molar-refractivity contribution in [2.75, 3.05) is 13.1 Å². The maximum absolute atomic E-state index is 13.2. The molecule has 0 N–H and O–H groups in total. The molecule has 1 unspecified atom stereocenters. The van der Waals surface area contributed by atoms with Gasteiger partial charge in [-0.25, -0.2) is 0 Å². The second-order valence-electron chi connectivity index (χ2n) is 5.78. The second kappa shape index (κ2) is 5.36. The smallest absolute Gasteiger partial charge is 0.238 e. The first-order valence-electron chi connectivity index (χ1n) is 7.61. The van der Waals surface area contributed by atoms with Gasteiger partial charge >= 0.3 is 0 Å². The fourth-order valence-electron chi connectivity index (χ4n) is 3.67. The molecule has 1 aliphatic heterocycles. The lowest BCUT2D eigenvalue weighted by Crippen LogP contribution is -2.41. The van der Waals surface area contributed by atoms with Crippen LogP contribution in [0.3, 0.4) is 0 Å². The van der Waals surface area contributed by atoms with Crippen LogP contribution in [-0.2, 0) is 10.2 Å². The fraction of sp³-hybridized carbons (Fsp3) is 0.316. The first kappa shape index (κ1) is 13.9. The number of hydrogen-bond donors (Lipinski definition) is 0. The van der Waals surface area contributed by atoms with Crippen LogP contribution < -0.4 is 0 Å². The zero-order valence-corrected chi connectivity index (χ0v) is 12.6. The van der Waals surface area contributed by atoms with Gasteiger partial charge in [0, 0.05) is 13.1 Å². The number of likely N-dealkylation sites (tertiary alicyclic amines) is 1. The zero-order valence-electron chi connectivity index (χ0n) is 12.6. The average molecular weight is 279 g/mol. The van der Waals surface area contributed by atoms with Crippen molar-refractivity contribution < 1.29 is 4.79 Å². The van der Waals surface area contributed by atoms with Crippen molar-refractivity contribution >= 4 is 5.91 Å². The van der Waals surface area contributed by atoms with E-state index in [1.165, 1.54) is 0 Å². The van der Waals surface area contributed by atoms with Gasteiger partial charge in [0.15, 0.2) is 0 Å². The summed E-state index contributed by atoms with van der Waals surface area (Å²) >= 11 is 0. The quantitative estimate of drug-likeness (QED) is 0.842. The normalized spacial score (nSPS) is 20.8. The highest BCUT2D eigenvalue weighted by molar-refractivity contribution is 5.94. The van der Waals surface area contributed by atoms with Crippen molar-refractivity contribution in [2.45, 2.75) is 19.3 Å². The molecular weight excluding hydrogens is 258 g/mol. The molecule has 0 bridgehead atoms. The molecule has 21 heavy (non-hydrogen) atoms. The third-order valence-electron chi connectivity index (χ3n) is 4.70. The average Bonchev–Trinajstić information content (AvgIpc) is 2.80. The molecule has 1 heterocycles. The van der Waals surface area contributed by atoms with Gasteiger partial charge < -0.3 is 4.90 Å². The molecule has 0 aliphatic carbocycles. The Morgan fingerprint density at radius 3 is 1.86 bits per heavy atom. The Morgan fingerprint density at radius 1 is 1.00 bits per heavy atom. The molecule has 3 rings (SSSR count). The predicted molar refractivity (Wildman–Crippen MR) is 85.1 cm³/mol. The molecule has 1 atom stereocenters. The molecule has 108 valence electrons. The summed E-state index contributed by atoms with van der Waals surface area (Å²) in [5.74, 6) is 0.490. The van der Waals surface area contributed by atoms with Gasteiger partial charge in [-0.05, 0) is 24.0 Å².